The Labute approximate surface area is 559 Å². The van der Waals surface area contributed by atoms with Crippen LogP contribution in [0, 0.1) is 39.7 Å². The molecule has 0 aromatic heterocycles. The van der Waals surface area contributed by atoms with Crippen molar-refractivity contribution in [3.63, 3.8) is 0 Å². The number of hydrogen-bond acceptors (Lipinski definition) is 16. The topological polar surface area (TPSA) is 345 Å². The molecule has 0 bridgehead atoms. The maximum Gasteiger partial charge on any atom is 0.246 e. The van der Waals surface area contributed by atoms with Crippen LogP contribution >= 0.6 is 0 Å². The first kappa shape index (κ1) is 85.2. The zero-order chi connectivity index (χ0) is 73.0. The van der Waals surface area contributed by atoms with Crippen LogP contribution in [0.5, 0.6) is 0 Å². The number of carbonyl (C=O) groups excluding carboxylic acids is 11. The minimum absolute atomic E-state index is 0.0836. The third-order valence-corrected chi connectivity index (χ3v) is 17.6. The fourth-order valence-corrected chi connectivity index (χ4v) is 11.8. The third-order valence-electron chi connectivity index (χ3n) is 17.6. The number of nitrogens with zero attached hydrogens (tertiary/aromatic N) is 9. The molecule has 0 saturated carbocycles. The lowest BCUT2D eigenvalue weighted by Crippen LogP contribution is -2.64. The Kier molecular flexibility index (Phi) is 34.5. The highest BCUT2D eigenvalue weighted by molar-refractivity contribution is 6.00. The fourth-order valence-electron chi connectivity index (χ4n) is 11.8. The average molecular weight is 1330 g/mol. The van der Waals surface area contributed by atoms with Crippen LogP contribution in [0.25, 0.3) is 0 Å². The van der Waals surface area contributed by atoms with Gasteiger partial charge in [-0.25, -0.2) is 0 Å². The minimum Gasteiger partial charge on any atom is -0.390 e. The maximum absolute atomic E-state index is 15.4. The number of aliphatic hydroxyl groups excluding tert-OH is 1. The van der Waals surface area contributed by atoms with Crippen molar-refractivity contribution in [2.75, 3.05) is 70.0 Å². The van der Waals surface area contributed by atoms with Crippen molar-refractivity contribution >= 4 is 65.0 Å². The van der Waals surface area contributed by atoms with Crippen molar-refractivity contribution in [3.8, 4) is 0 Å². The SMILES string of the molecule is C/C=C/C[C@@H](C)[C@@H](O)[C@H]1C(=O)N[C@@H](CC)C(=O)N(C)[C@H](CC(CN(C)C)[N+](=O)[O-])C(=O)N(C)[C@@H](CC(C)(C)O)C(=O)N[C@@H](C(C)C)C(=O)N(C)[C@@H](CCC)C(=O)N[C@@H](C)C(=O)N[C@H](C)C(=O)N(C)[C@@H](CC(C)C)C(=O)N(C)[C@@H](CC(C)C)C(=O)N(C)[C@@H](C(C)C)C(=O)N1C. The highest BCUT2D eigenvalue weighted by atomic mass is 16.6. The molecule has 11 amide bonds. The van der Waals surface area contributed by atoms with E-state index in [1.807, 2.05) is 27.7 Å². The molecule has 0 aliphatic carbocycles. The van der Waals surface area contributed by atoms with E-state index in [-0.39, 0.29) is 50.5 Å². The summed E-state index contributed by atoms with van der Waals surface area (Å²) < 4.78 is 0. The Hall–Kier alpha value is -6.81. The highest BCUT2D eigenvalue weighted by Crippen LogP contribution is 2.27. The second kappa shape index (κ2) is 38.1. The lowest BCUT2D eigenvalue weighted by Gasteiger charge is -2.41. The summed E-state index contributed by atoms with van der Waals surface area (Å²) in [6.45, 7) is 26.1. The molecule has 1 saturated heterocycles. The van der Waals surface area contributed by atoms with E-state index in [1.165, 1.54) is 96.6 Å². The van der Waals surface area contributed by atoms with E-state index < -0.39 is 185 Å². The maximum atomic E-state index is 15.4. The number of carbonyl (C=O) groups is 11. The van der Waals surface area contributed by atoms with Crippen molar-refractivity contribution < 1.29 is 67.9 Å². The molecule has 14 atom stereocenters. The second-order valence-corrected chi connectivity index (χ2v) is 28.3. The lowest BCUT2D eigenvalue weighted by atomic mass is 9.91. The molecule has 1 unspecified atom stereocenters. The number of hydrogen-bond donors (Lipinski definition) is 6. The molecule has 6 N–H and O–H groups in total. The molecule has 1 fully saturated rings. The van der Waals surface area contributed by atoms with Gasteiger partial charge in [0, 0.05) is 67.1 Å². The van der Waals surface area contributed by atoms with Crippen molar-refractivity contribution in [2.24, 2.45) is 29.6 Å². The van der Waals surface area contributed by atoms with E-state index in [0.717, 1.165) is 19.6 Å². The highest BCUT2D eigenvalue weighted by Gasteiger charge is 2.47. The van der Waals surface area contributed by atoms with Gasteiger partial charge in [0.2, 0.25) is 71.0 Å². The number of nitro groups is 1. The van der Waals surface area contributed by atoms with Gasteiger partial charge in [-0.2, -0.15) is 0 Å². The molecular weight excluding hydrogens is 1210 g/mol. The molecule has 1 aliphatic rings. The zero-order valence-electron chi connectivity index (χ0n) is 61.1. The molecule has 0 spiro atoms. The van der Waals surface area contributed by atoms with E-state index in [4.69, 9.17) is 0 Å². The van der Waals surface area contributed by atoms with Crippen LogP contribution in [-0.2, 0) is 52.7 Å². The van der Waals surface area contributed by atoms with Gasteiger partial charge in [0.1, 0.15) is 66.5 Å². The van der Waals surface area contributed by atoms with E-state index in [0.29, 0.717) is 6.42 Å². The first-order valence-corrected chi connectivity index (χ1v) is 33.2. The van der Waals surface area contributed by atoms with Gasteiger partial charge in [-0.3, -0.25) is 62.9 Å². The van der Waals surface area contributed by atoms with Crippen molar-refractivity contribution in [1.82, 2.24) is 60.5 Å². The number of rotatable bonds is 20. The van der Waals surface area contributed by atoms with Gasteiger partial charge in [0.25, 0.3) is 0 Å². The molecule has 0 aromatic carbocycles. The number of amides is 11. The van der Waals surface area contributed by atoms with E-state index in [2.05, 4.69) is 21.3 Å². The van der Waals surface area contributed by atoms with E-state index in [1.54, 1.807) is 81.6 Å². The van der Waals surface area contributed by atoms with Crippen molar-refractivity contribution in [2.45, 2.75) is 246 Å². The van der Waals surface area contributed by atoms with Crippen molar-refractivity contribution in [3.05, 3.63) is 22.3 Å². The molecule has 28 nitrogen and oxygen atoms in total. The smallest absolute Gasteiger partial charge is 0.246 e. The van der Waals surface area contributed by atoms with E-state index in [9.17, 15) is 44.3 Å². The first-order chi connectivity index (χ1) is 43.3. The van der Waals surface area contributed by atoms with Crippen LogP contribution in [-0.4, -0.2) is 273 Å². The number of allylic oxidation sites excluding steroid dienone is 2. The normalized spacial score (nSPS) is 26.7. The Balaban J connectivity index is 4.64. The number of aliphatic hydroxyl groups is 2. The van der Waals surface area contributed by atoms with Gasteiger partial charge >= 0.3 is 0 Å². The van der Waals surface area contributed by atoms with Gasteiger partial charge in [0.05, 0.1) is 18.2 Å². The molecule has 1 heterocycles. The van der Waals surface area contributed by atoms with Crippen LogP contribution in [0.1, 0.15) is 162 Å². The quantitative estimate of drug-likeness (QED) is 0.0578. The largest absolute Gasteiger partial charge is 0.390 e. The number of likely N-dealkylation sites (N-methyl/N-ethyl adjacent to an activating group) is 8. The van der Waals surface area contributed by atoms with Gasteiger partial charge in [-0.1, -0.05) is 94.7 Å². The van der Waals surface area contributed by atoms with Crippen LogP contribution in [0.2, 0.25) is 0 Å². The third kappa shape index (κ3) is 23.8. The molecule has 1 rings (SSSR count). The fraction of sp³-hybridized carbons (Fsp3) is 0.803. The summed E-state index contributed by atoms with van der Waals surface area (Å²) in [4.78, 5) is 185. The summed E-state index contributed by atoms with van der Waals surface area (Å²) in [7, 11) is 12.5. The Morgan fingerprint density at radius 1 is 0.553 bits per heavy atom. The zero-order valence-corrected chi connectivity index (χ0v) is 61.1. The summed E-state index contributed by atoms with van der Waals surface area (Å²) in [5, 5.41) is 47.2. The summed E-state index contributed by atoms with van der Waals surface area (Å²) >= 11 is 0. The molecule has 0 radical (unpaired) electrons. The predicted octanol–water partition coefficient (Wildman–Crippen LogP) is 2.10. The molecular formula is C66H119N13O15. The molecule has 1 aliphatic heterocycles. The summed E-state index contributed by atoms with van der Waals surface area (Å²) in [5.41, 5.74) is -1.70. The monoisotopic (exact) mass is 1330 g/mol. The first-order valence-electron chi connectivity index (χ1n) is 33.2. The lowest BCUT2D eigenvalue weighted by molar-refractivity contribution is -0.524. The van der Waals surface area contributed by atoms with Gasteiger partial charge < -0.3 is 70.7 Å². The molecule has 94 heavy (non-hydrogen) atoms. The predicted molar refractivity (Wildman–Crippen MR) is 358 cm³/mol. The average Bonchev–Trinajstić information content (AvgIpc) is 0.819. The summed E-state index contributed by atoms with van der Waals surface area (Å²) in [6.07, 6.45) is 1.52. The van der Waals surface area contributed by atoms with Gasteiger partial charge in [-0.05, 0) is 110 Å². The van der Waals surface area contributed by atoms with Crippen LogP contribution in [0.15, 0.2) is 12.2 Å². The standard InChI is InChI=1S/C66H119N13O15/c1-26-29-31-41(12)54(80)53-58(84)69-45(28-3)60(86)74(21)49(34-44(79(93)94)36-71(17)18)62(88)76(23)50(35-66(15,16)92)57(83)70-51(39(8)9)64(90)72(19)46(30-27-2)56(82)67-42(13)55(81)68-43(14)59(85)73(20)47(32-37(4)5)61(87)75(22)48(33-38(6)7)63(89)77(24)52(40(10)11)65(91)78(53)25/h26,29,37-54,80,92H,27-28,30-36H2,1-25H3,(H,67,82)(H,68,81)(H,69,84)(H,70,83)/b29-26+/t41-,42+,43-,44?,45+,46+,47+,48+,49-,50+,51+,52+,53+,54-/m1/s1. The van der Waals surface area contributed by atoms with Crippen LogP contribution in [0.4, 0.5) is 0 Å². The summed E-state index contributed by atoms with van der Waals surface area (Å²) in [6, 6.07) is -17.1. The molecule has 0 aromatic rings. The second-order valence-electron chi connectivity index (χ2n) is 28.3. The van der Waals surface area contributed by atoms with Crippen molar-refractivity contribution in [1.29, 1.82) is 0 Å². The van der Waals surface area contributed by atoms with Crippen LogP contribution in [0.3, 0.4) is 0 Å². The Morgan fingerprint density at radius 3 is 1.43 bits per heavy atom. The number of nitrogens with one attached hydrogen (secondary N) is 4. The molecule has 28 heteroatoms. The van der Waals surface area contributed by atoms with E-state index >= 15 is 28.8 Å². The molecule has 538 valence electrons. The Morgan fingerprint density at radius 2 is 0.989 bits per heavy atom. The summed E-state index contributed by atoms with van der Waals surface area (Å²) in [5.74, 6) is -11.4. The van der Waals surface area contributed by atoms with Crippen LogP contribution < -0.4 is 21.3 Å². The van der Waals surface area contributed by atoms with Gasteiger partial charge in [-0.15, -0.1) is 0 Å². The van der Waals surface area contributed by atoms with Gasteiger partial charge in [0.15, 0.2) is 0 Å². The Bertz CT molecular complexity index is 2630. The minimum atomic E-state index is -1.75.